The molecule has 7 rings (SSSR count). The molecule has 3 aliphatic heterocycles. The second kappa shape index (κ2) is 7.68. The Morgan fingerprint density at radius 1 is 0.733 bits per heavy atom. The zero-order valence-electron chi connectivity index (χ0n) is 15.0. The third kappa shape index (κ3) is 2.84. The minimum absolute atomic E-state index is 0. The molecule has 0 spiro atoms. The molecule has 30 heavy (non-hydrogen) atoms. The van der Waals surface area contributed by atoms with E-state index < -0.39 is 23.2 Å². The molecule has 4 bridgehead atoms. The van der Waals surface area contributed by atoms with Gasteiger partial charge in [0.25, 0.3) is 0 Å². The zero-order chi connectivity index (χ0) is 18.6. The summed E-state index contributed by atoms with van der Waals surface area (Å²) in [5.74, 6) is 0. The van der Waals surface area contributed by atoms with E-state index in [1.807, 2.05) is 11.8 Å². The summed E-state index contributed by atoms with van der Waals surface area (Å²) >= 11 is 8.17. The van der Waals surface area contributed by atoms with Crippen LogP contribution in [0.1, 0.15) is 34.5 Å². The van der Waals surface area contributed by atoms with Crippen molar-refractivity contribution < 1.29 is 57.5 Å². The normalized spacial score (nSPS) is 23.0. The minimum Gasteiger partial charge on any atom is -1.00 e. The van der Waals surface area contributed by atoms with E-state index in [-0.39, 0.29) is 37.0 Å². The fourth-order valence-electron chi connectivity index (χ4n) is 4.56. The van der Waals surface area contributed by atoms with E-state index in [4.69, 9.17) is 9.47 Å². The van der Waals surface area contributed by atoms with Crippen molar-refractivity contribution in [3.05, 3.63) is 85.7 Å². The molecular formula is C22H10Br2Cl2O2SZr. The van der Waals surface area contributed by atoms with Gasteiger partial charge in [0.1, 0.15) is 0 Å². The first-order valence-electron chi connectivity index (χ1n) is 8.96. The van der Waals surface area contributed by atoms with Crippen LogP contribution in [0.5, 0.6) is 0 Å². The molecule has 2 atom stereocenters. The maximum Gasteiger partial charge on any atom is -1.00 e. The number of rotatable bonds is 0. The predicted molar refractivity (Wildman–Crippen MR) is 113 cm³/mol. The van der Waals surface area contributed by atoms with E-state index in [9.17, 15) is 0 Å². The second-order valence-corrected chi connectivity index (χ2v) is 12.8. The molecule has 0 fully saturated rings. The molecule has 0 aromatic heterocycles. The van der Waals surface area contributed by atoms with Crippen molar-refractivity contribution in [3.8, 4) is 0 Å². The monoisotopic (exact) mass is 656 g/mol. The van der Waals surface area contributed by atoms with Gasteiger partial charge in [0, 0.05) is 0 Å². The Hall–Kier alpha value is -0.227. The molecule has 0 amide bonds. The van der Waals surface area contributed by atoms with Crippen molar-refractivity contribution in [2.24, 2.45) is 0 Å². The summed E-state index contributed by atoms with van der Waals surface area (Å²) in [6.45, 7) is 0. The molecule has 2 unspecified atom stereocenters. The van der Waals surface area contributed by atoms with Crippen LogP contribution in [0.15, 0.2) is 73.2 Å². The fourth-order valence-corrected chi connectivity index (χ4v) is 10.8. The van der Waals surface area contributed by atoms with Crippen LogP contribution < -0.4 is 24.8 Å². The van der Waals surface area contributed by atoms with Crippen molar-refractivity contribution >= 4 is 55.8 Å². The standard InChI is InChI=1S/C22H10Br2O2S.2ClH.Zr/c23-19-9-11-7-15-13(21(11)25-19)3-1-5-17(15)27-18-6-2-4-14-16(18)8-12-10-20(24)26-22(12)14;;;/h1-8,21-22H;2*1H;/q;;;+2/p-2. The van der Waals surface area contributed by atoms with E-state index in [0.29, 0.717) is 0 Å². The average molecular weight is 660 g/mol. The summed E-state index contributed by atoms with van der Waals surface area (Å²) in [4.78, 5) is 2.59. The topological polar surface area (TPSA) is 18.5 Å². The largest absolute Gasteiger partial charge is 1.00 e. The molecular weight excluding hydrogens is 650 g/mol. The smallest absolute Gasteiger partial charge is 1.00 e. The Labute approximate surface area is 218 Å². The molecule has 0 radical (unpaired) electrons. The summed E-state index contributed by atoms with van der Waals surface area (Å²) < 4.78 is 17.2. The molecule has 148 valence electrons. The van der Waals surface area contributed by atoms with Crippen LogP contribution in [0, 0.1) is 0 Å². The summed E-state index contributed by atoms with van der Waals surface area (Å²) in [5.41, 5.74) is 7.87. The Morgan fingerprint density at radius 2 is 1.20 bits per heavy atom. The molecule has 0 N–H and O–H groups in total. The molecule has 5 aliphatic rings. The number of halogens is 4. The van der Waals surface area contributed by atoms with E-state index >= 15 is 0 Å². The van der Waals surface area contributed by atoms with Crippen molar-refractivity contribution in [2.75, 3.05) is 0 Å². The molecule has 2 aliphatic carbocycles. The van der Waals surface area contributed by atoms with E-state index in [2.05, 4.69) is 80.4 Å². The van der Waals surface area contributed by atoms with Crippen molar-refractivity contribution in [3.63, 3.8) is 0 Å². The first kappa shape index (κ1) is 21.6. The van der Waals surface area contributed by atoms with Gasteiger partial charge in [-0.15, -0.1) is 0 Å². The quantitative estimate of drug-likeness (QED) is 0.421. The second-order valence-electron chi connectivity index (χ2n) is 7.24. The molecule has 2 aromatic carbocycles. The molecule has 2 nitrogen and oxygen atoms in total. The van der Waals surface area contributed by atoms with Gasteiger partial charge in [0.15, 0.2) is 0 Å². The maximum absolute atomic E-state index is 6.31. The molecule has 3 heterocycles. The molecule has 8 heteroatoms. The Morgan fingerprint density at radius 3 is 1.67 bits per heavy atom. The SMILES string of the molecule is BrC1=[C]2[Zr+2][C]3=C(Br)OC4C3=Cc3c(cccc34)Sc3cccc4c3C=C2C4O1.[Cl-].[Cl-]. The number of hydrogen-bond donors (Lipinski definition) is 0. The van der Waals surface area contributed by atoms with Crippen LogP contribution in [-0.4, -0.2) is 0 Å². The van der Waals surface area contributed by atoms with Crippen LogP contribution in [0.3, 0.4) is 0 Å². The van der Waals surface area contributed by atoms with E-state index in [0.717, 1.165) is 9.34 Å². The Bertz CT molecular complexity index is 1170. The van der Waals surface area contributed by atoms with Gasteiger partial charge in [-0.3, -0.25) is 0 Å². The van der Waals surface area contributed by atoms with Gasteiger partial charge in [-0.2, -0.15) is 0 Å². The fraction of sp³-hybridized carbons (Fsp3) is 0.0909. The van der Waals surface area contributed by atoms with Gasteiger partial charge in [0.2, 0.25) is 0 Å². The van der Waals surface area contributed by atoms with E-state index in [1.165, 1.54) is 49.8 Å². The summed E-state index contributed by atoms with van der Waals surface area (Å²) in [6.07, 6.45) is 4.78. The number of hydrogen-bond acceptors (Lipinski definition) is 3. The predicted octanol–water partition coefficient (Wildman–Crippen LogP) is 1.01. The molecule has 0 saturated carbocycles. The van der Waals surface area contributed by atoms with E-state index in [1.54, 1.807) is 0 Å². The van der Waals surface area contributed by atoms with Gasteiger partial charge in [-0.05, 0) is 0 Å². The van der Waals surface area contributed by atoms with Crippen LogP contribution in [-0.2, 0) is 32.7 Å². The third-order valence-corrected chi connectivity index (χ3v) is 13.7. The summed E-state index contributed by atoms with van der Waals surface area (Å²) in [5, 5.41) is 0. The van der Waals surface area contributed by atoms with Crippen molar-refractivity contribution in [1.82, 2.24) is 0 Å². The van der Waals surface area contributed by atoms with Gasteiger partial charge in [-0.25, -0.2) is 0 Å². The number of benzene rings is 2. The maximum atomic E-state index is 6.31. The van der Waals surface area contributed by atoms with Crippen molar-refractivity contribution in [2.45, 2.75) is 22.0 Å². The first-order chi connectivity index (χ1) is 13.7. The third-order valence-electron chi connectivity index (χ3n) is 5.81. The van der Waals surface area contributed by atoms with Gasteiger partial charge in [-0.1, -0.05) is 0 Å². The Balaban J connectivity index is 0.000000963. The van der Waals surface area contributed by atoms with Gasteiger partial charge >= 0.3 is 196 Å². The minimum atomic E-state index is -1.13. The summed E-state index contributed by atoms with van der Waals surface area (Å²) in [7, 11) is 0. The first-order valence-corrected chi connectivity index (χ1v) is 13.8. The van der Waals surface area contributed by atoms with Crippen LogP contribution in [0.4, 0.5) is 0 Å². The van der Waals surface area contributed by atoms with Crippen LogP contribution in [0.2, 0.25) is 0 Å². The van der Waals surface area contributed by atoms with Gasteiger partial charge < -0.3 is 24.8 Å². The number of ether oxygens (including phenoxy) is 2. The average Bonchev–Trinajstić information content (AvgIpc) is 3.37. The van der Waals surface area contributed by atoms with Crippen LogP contribution >= 0.6 is 43.6 Å². The zero-order valence-corrected chi connectivity index (χ0v) is 23.0. The molecule has 2 aromatic rings. The van der Waals surface area contributed by atoms with Crippen molar-refractivity contribution in [1.29, 1.82) is 0 Å². The number of fused-ring (bicyclic) bond motifs is 2. The van der Waals surface area contributed by atoms with Crippen LogP contribution in [0.25, 0.3) is 12.2 Å². The Kier molecular flexibility index (Phi) is 5.53. The van der Waals surface area contributed by atoms with Gasteiger partial charge in [0.05, 0.1) is 0 Å². The molecule has 0 saturated heterocycles. The summed E-state index contributed by atoms with van der Waals surface area (Å²) in [6, 6.07) is 13.2.